The highest BCUT2D eigenvalue weighted by atomic mass is 16.1. The number of hydrogen-bond donors (Lipinski definition) is 2. The zero-order chi connectivity index (χ0) is 23.7. The summed E-state index contributed by atoms with van der Waals surface area (Å²) in [5.41, 5.74) is 8.64. The normalized spacial score (nSPS) is 10.9. The number of aromatic nitrogens is 2. The largest absolute Gasteiger partial charge is 0.377 e. The molecule has 5 rings (SSSR count). The van der Waals surface area contributed by atoms with E-state index in [4.69, 9.17) is 4.98 Å². The smallest absolute Gasteiger partial charge is 0.239 e. The number of nitrogens with one attached hydrogen (secondary N) is 2. The minimum atomic E-state index is -0.0903. The SMILES string of the molecule is CC(=O)Nc1ccc(-[n+]2c3cc(Nc4ccccc4)ccc3nc3ccc(N(C)C)cc32)cc1. The molecule has 1 aromatic heterocycles. The molecule has 34 heavy (non-hydrogen) atoms. The van der Waals surface area contributed by atoms with Crippen LogP contribution in [0.25, 0.3) is 27.8 Å². The number of carbonyl (C=O) groups is 1. The lowest BCUT2D eigenvalue weighted by Gasteiger charge is -2.13. The fourth-order valence-electron chi connectivity index (χ4n) is 4.06. The van der Waals surface area contributed by atoms with Gasteiger partial charge >= 0.3 is 0 Å². The molecule has 0 unspecified atom stereocenters. The number of amides is 1. The number of para-hydroxylation sites is 1. The second-order valence-corrected chi connectivity index (χ2v) is 8.44. The first-order chi connectivity index (χ1) is 16.5. The second-order valence-electron chi connectivity index (χ2n) is 8.44. The van der Waals surface area contributed by atoms with Gasteiger partial charge in [-0.05, 0) is 48.5 Å². The van der Waals surface area contributed by atoms with Gasteiger partial charge in [0.2, 0.25) is 22.6 Å². The van der Waals surface area contributed by atoms with Gasteiger partial charge in [0.1, 0.15) is 11.0 Å². The second kappa shape index (κ2) is 8.83. The molecule has 2 N–H and O–H groups in total. The summed E-state index contributed by atoms with van der Waals surface area (Å²) in [6.07, 6.45) is 0. The summed E-state index contributed by atoms with van der Waals surface area (Å²) in [6.45, 7) is 1.51. The van der Waals surface area contributed by atoms with Crippen molar-refractivity contribution in [3.05, 3.63) is 91.0 Å². The molecule has 0 saturated carbocycles. The minimum Gasteiger partial charge on any atom is -0.377 e. The highest BCUT2D eigenvalue weighted by Crippen LogP contribution is 2.25. The lowest BCUT2D eigenvalue weighted by atomic mass is 10.1. The van der Waals surface area contributed by atoms with Crippen molar-refractivity contribution < 1.29 is 9.36 Å². The van der Waals surface area contributed by atoms with Crippen molar-refractivity contribution >= 4 is 50.7 Å². The van der Waals surface area contributed by atoms with Crippen molar-refractivity contribution in [1.82, 2.24) is 4.98 Å². The topological polar surface area (TPSA) is 61.1 Å². The molecule has 0 spiro atoms. The van der Waals surface area contributed by atoms with Crippen LogP contribution in [0.3, 0.4) is 0 Å². The molecule has 1 heterocycles. The van der Waals surface area contributed by atoms with E-state index < -0.39 is 0 Å². The number of benzene rings is 4. The zero-order valence-electron chi connectivity index (χ0n) is 19.4. The Morgan fingerprint density at radius 3 is 2.09 bits per heavy atom. The van der Waals surface area contributed by atoms with Gasteiger partial charge in [0.25, 0.3) is 0 Å². The molecule has 0 aliphatic carbocycles. The molecular weight excluding hydrogens is 422 g/mol. The van der Waals surface area contributed by atoms with Gasteiger partial charge < -0.3 is 15.5 Å². The maximum absolute atomic E-state index is 11.5. The van der Waals surface area contributed by atoms with Gasteiger partial charge in [0.15, 0.2) is 0 Å². The van der Waals surface area contributed by atoms with Crippen LogP contribution in [0, 0.1) is 0 Å². The molecule has 0 bridgehead atoms. The lowest BCUT2D eigenvalue weighted by molar-refractivity contribution is -0.538. The van der Waals surface area contributed by atoms with Crippen molar-refractivity contribution in [1.29, 1.82) is 0 Å². The Kier molecular flexibility index (Phi) is 5.55. The van der Waals surface area contributed by atoms with Crippen LogP contribution in [-0.2, 0) is 4.79 Å². The van der Waals surface area contributed by atoms with E-state index >= 15 is 0 Å². The fourth-order valence-corrected chi connectivity index (χ4v) is 4.06. The van der Waals surface area contributed by atoms with Gasteiger partial charge in [0.05, 0.1) is 0 Å². The molecule has 4 aromatic carbocycles. The summed E-state index contributed by atoms with van der Waals surface area (Å²) in [7, 11) is 4.06. The van der Waals surface area contributed by atoms with Crippen LogP contribution in [-0.4, -0.2) is 25.0 Å². The van der Waals surface area contributed by atoms with E-state index in [1.165, 1.54) is 6.92 Å². The summed E-state index contributed by atoms with van der Waals surface area (Å²) in [6, 6.07) is 30.5. The minimum absolute atomic E-state index is 0.0903. The summed E-state index contributed by atoms with van der Waals surface area (Å²) >= 11 is 0. The quantitative estimate of drug-likeness (QED) is 0.278. The van der Waals surface area contributed by atoms with E-state index in [0.29, 0.717) is 0 Å². The van der Waals surface area contributed by atoms with Crippen LogP contribution < -0.4 is 20.1 Å². The third-order valence-corrected chi connectivity index (χ3v) is 5.68. The summed E-state index contributed by atoms with van der Waals surface area (Å²) in [5, 5.41) is 6.33. The highest BCUT2D eigenvalue weighted by molar-refractivity contribution is 5.89. The molecule has 0 fully saturated rings. The van der Waals surface area contributed by atoms with Gasteiger partial charge in [-0.15, -0.1) is 4.57 Å². The first-order valence-electron chi connectivity index (χ1n) is 11.1. The Labute approximate surface area is 198 Å². The maximum atomic E-state index is 11.5. The molecule has 168 valence electrons. The van der Waals surface area contributed by atoms with Crippen LogP contribution in [0.4, 0.5) is 22.7 Å². The molecule has 5 aromatic rings. The van der Waals surface area contributed by atoms with Crippen LogP contribution in [0.15, 0.2) is 91.0 Å². The molecule has 6 heteroatoms. The first kappa shape index (κ1) is 21.4. The molecule has 0 saturated heterocycles. The predicted octanol–water partition coefficient (Wildman–Crippen LogP) is 5.43. The van der Waals surface area contributed by atoms with E-state index in [1.807, 2.05) is 80.8 Å². The van der Waals surface area contributed by atoms with Crippen molar-refractivity contribution in [2.75, 3.05) is 29.6 Å². The first-order valence-corrected chi connectivity index (χ1v) is 11.1. The van der Waals surface area contributed by atoms with Crippen molar-refractivity contribution in [2.24, 2.45) is 0 Å². The molecule has 0 radical (unpaired) electrons. The molecule has 6 nitrogen and oxygen atoms in total. The summed E-state index contributed by atoms with van der Waals surface area (Å²) in [4.78, 5) is 18.5. The van der Waals surface area contributed by atoms with Crippen molar-refractivity contribution in [2.45, 2.75) is 6.92 Å². The number of carbonyl (C=O) groups excluding carboxylic acids is 1. The average molecular weight is 449 g/mol. The Balaban J connectivity index is 1.73. The van der Waals surface area contributed by atoms with Gasteiger partial charge in [-0.1, -0.05) is 18.2 Å². The number of hydrogen-bond acceptors (Lipinski definition) is 4. The van der Waals surface area contributed by atoms with E-state index in [0.717, 1.165) is 50.5 Å². The molecule has 0 atom stereocenters. The third-order valence-electron chi connectivity index (χ3n) is 5.68. The molecule has 1 amide bonds. The number of anilines is 4. The number of nitrogens with zero attached hydrogens (tertiary/aromatic N) is 3. The van der Waals surface area contributed by atoms with Crippen LogP contribution in [0.1, 0.15) is 6.92 Å². The van der Waals surface area contributed by atoms with Gasteiger partial charge in [-0.2, -0.15) is 0 Å². The van der Waals surface area contributed by atoms with Crippen molar-refractivity contribution in [3.63, 3.8) is 0 Å². The van der Waals surface area contributed by atoms with Gasteiger partial charge in [-0.25, -0.2) is 4.98 Å². The maximum Gasteiger partial charge on any atom is 0.239 e. The van der Waals surface area contributed by atoms with Gasteiger partial charge in [0, 0.05) is 68.0 Å². The van der Waals surface area contributed by atoms with E-state index in [-0.39, 0.29) is 5.91 Å². The van der Waals surface area contributed by atoms with E-state index in [2.05, 4.69) is 44.4 Å². The average Bonchev–Trinajstić information content (AvgIpc) is 2.83. The molecular formula is C28H26N5O+. The highest BCUT2D eigenvalue weighted by Gasteiger charge is 2.21. The molecule has 0 aliphatic rings. The standard InChI is InChI=1S/C28H25N5O/c1-19(34)29-21-9-12-23(13-10-21)33-27-17-22(30-20-7-5-4-6-8-20)11-15-25(27)31-26-16-14-24(32(2)3)18-28(26)33/h4-18H,1-3H3,(H,29,34)/p+1. The number of rotatable bonds is 5. The Bertz CT molecular complexity index is 1500. The fraction of sp³-hybridized carbons (Fsp3) is 0.107. The van der Waals surface area contributed by atoms with E-state index in [1.54, 1.807) is 0 Å². The summed E-state index contributed by atoms with van der Waals surface area (Å²) in [5.74, 6) is -0.0903. The van der Waals surface area contributed by atoms with Crippen LogP contribution in [0.2, 0.25) is 0 Å². The Morgan fingerprint density at radius 2 is 1.41 bits per heavy atom. The lowest BCUT2D eigenvalue weighted by Crippen LogP contribution is -2.33. The zero-order valence-corrected chi connectivity index (χ0v) is 19.4. The van der Waals surface area contributed by atoms with Gasteiger partial charge in [-0.3, -0.25) is 4.79 Å². The van der Waals surface area contributed by atoms with E-state index in [9.17, 15) is 4.79 Å². The molecule has 0 aliphatic heterocycles. The summed E-state index contributed by atoms with van der Waals surface area (Å²) < 4.78 is 2.22. The Hall–Kier alpha value is -4.45. The number of fused-ring (bicyclic) bond motifs is 2. The monoisotopic (exact) mass is 448 g/mol. The van der Waals surface area contributed by atoms with Crippen LogP contribution >= 0.6 is 0 Å². The van der Waals surface area contributed by atoms with Crippen molar-refractivity contribution in [3.8, 4) is 5.69 Å². The Morgan fingerprint density at radius 1 is 0.765 bits per heavy atom. The van der Waals surface area contributed by atoms with Crippen LogP contribution in [0.5, 0.6) is 0 Å². The third kappa shape index (κ3) is 4.26. The predicted molar refractivity (Wildman–Crippen MR) is 139 cm³/mol.